The Hall–Kier alpha value is -2.70. The number of pyridine rings is 2. The first-order chi connectivity index (χ1) is 15.2. The van der Waals surface area contributed by atoms with Gasteiger partial charge in [0.15, 0.2) is 11.6 Å². The van der Waals surface area contributed by atoms with E-state index in [-0.39, 0.29) is 24.3 Å². The van der Waals surface area contributed by atoms with Gasteiger partial charge in [-0.2, -0.15) is 0 Å². The highest BCUT2D eigenvalue weighted by Gasteiger charge is 2.26. The Morgan fingerprint density at radius 3 is 1.34 bits per heavy atom. The summed E-state index contributed by atoms with van der Waals surface area (Å²) in [7, 11) is 0. The molecule has 6 nitrogen and oxygen atoms in total. The topological polar surface area (TPSA) is 50.7 Å². The molecule has 0 amide bonds. The van der Waals surface area contributed by atoms with Crippen LogP contribution in [-0.2, 0) is 9.68 Å². The molecule has 0 unspecified atom stereocenters. The molecule has 2 aromatic heterocycles. The molecule has 0 fully saturated rings. The Labute approximate surface area is 192 Å². The van der Waals surface area contributed by atoms with Crippen LogP contribution >= 0.6 is 0 Å². The van der Waals surface area contributed by atoms with Gasteiger partial charge in [0.1, 0.15) is 12.2 Å². The highest BCUT2D eigenvalue weighted by atomic mass is 16.7. The number of aryl methyl sites for hydroxylation is 2. The minimum absolute atomic E-state index is 0.110. The number of hydrogen-bond donors (Lipinski definition) is 0. The van der Waals surface area contributed by atoms with Gasteiger partial charge in [-0.25, -0.2) is 20.1 Å². The van der Waals surface area contributed by atoms with Crippen LogP contribution in [0.2, 0.25) is 0 Å². The van der Waals surface area contributed by atoms with E-state index < -0.39 is 0 Å². The lowest BCUT2D eigenvalue weighted by Gasteiger charge is -2.35. The molecular weight excluding hydrogens is 400 g/mol. The predicted octanol–water partition coefficient (Wildman–Crippen LogP) is 5.73. The lowest BCUT2D eigenvalue weighted by molar-refractivity contribution is 0.0495. The van der Waals surface area contributed by atoms with E-state index in [9.17, 15) is 0 Å². The van der Waals surface area contributed by atoms with E-state index in [4.69, 9.17) is 9.68 Å². The molecule has 2 aliphatic heterocycles. The van der Waals surface area contributed by atoms with E-state index in [1.54, 1.807) is 0 Å². The van der Waals surface area contributed by atoms with Crippen molar-refractivity contribution in [1.82, 2.24) is 9.97 Å². The normalized spacial score (nSPS) is 25.5. The Balaban J connectivity index is 0.000000181. The molecule has 4 heterocycles. The van der Waals surface area contributed by atoms with Crippen molar-refractivity contribution in [2.45, 2.75) is 79.7 Å². The molecule has 0 saturated carbocycles. The zero-order valence-corrected chi connectivity index (χ0v) is 20.5. The molecule has 0 aliphatic carbocycles. The maximum atomic E-state index is 5.80. The minimum atomic E-state index is 0.110. The highest BCUT2D eigenvalue weighted by molar-refractivity contribution is 5.42. The monoisotopic (exact) mass is 436 g/mol. The van der Waals surface area contributed by atoms with Crippen LogP contribution in [0.25, 0.3) is 0 Å². The van der Waals surface area contributed by atoms with Crippen molar-refractivity contribution < 1.29 is 9.68 Å². The second kappa shape index (κ2) is 10.3. The molecule has 2 aromatic rings. The van der Waals surface area contributed by atoms with E-state index in [1.807, 2.05) is 74.2 Å². The Morgan fingerprint density at radius 1 is 0.625 bits per heavy atom. The zero-order chi connectivity index (χ0) is 23.4. The van der Waals surface area contributed by atoms with Crippen LogP contribution in [0.15, 0.2) is 59.7 Å². The van der Waals surface area contributed by atoms with Crippen molar-refractivity contribution in [2.75, 3.05) is 10.1 Å². The second-order valence-electron chi connectivity index (χ2n) is 8.72. The number of hydroxylamine groups is 2. The lowest BCUT2D eigenvalue weighted by Crippen LogP contribution is -2.41. The second-order valence-corrected chi connectivity index (χ2v) is 8.72. The summed E-state index contributed by atoms with van der Waals surface area (Å²) in [6.07, 6.45) is 4.52. The standard InChI is InChI=1S/2C13H18N2O/c2*1-9-8-11(3)16-15(12(9)4)13-7-5-6-10(2)14-13/h2*5-8,11-12H,1-4H3/t2*11-,12+/m00/s1. The summed E-state index contributed by atoms with van der Waals surface area (Å²) in [4.78, 5) is 20.6. The Bertz CT molecular complexity index is 908. The molecule has 32 heavy (non-hydrogen) atoms. The fraction of sp³-hybridized carbons (Fsp3) is 0.462. The third-order valence-corrected chi connectivity index (χ3v) is 5.78. The molecule has 4 rings (SSSR count). The van der Waals surface area contributed by atoms with Crippen molar-refractivity contribution in [2.24, 2.45) is 0 Å². The van der Waals surface area contributed by atoms with Gasteiger partial charge in [0.05, 0.1) is 12.1 Å². The van der Waals surface area contributed by atoms with Crippen molar-refractivity contribution in [3.8, 4) is 0 Å². The minimum Gasteiger partial charge on any atom is -0.264 e. The third kappa shape index (κ3) is 5.75. The van der Waals surface area contributed by atoms with Crippen LogP contribution < -0.4 is 10.1 Å². The summed E-state index contributed by atoms with van der Waals surface area (Å²) in [6.45, 7) is 16.6. The number of anilines is 2. The summed E-state index contributed by atoms with van der Waals surface area (Å²) in [5, 5.41) is 3.79. The smallest absolute Gasteiger partial charge is 0.153 e. The van der Waals surface area contributed by atoms with Crippen molar-refractivity contribution >= 4 is 11.6 Å². The fourth-order valence-electron chi connectivity index (χ4n) is 3.80. The number of hydrogen-bond acceptors (Lipinski definition) is 6. The van der Waals surface area contributed by atoms with Crippen molar-refractivity contribution in [3.05, 3.63) is 71.1 Å². The van der Waals surface area contributed by atoms with E-state index >= 15 is 0 Å². The Morgan fingerprint density at radius 2 is 1.00 bits per heavy atom. The number of rotatable bonds is 2. The molecule has 0 radical (unpaired) electrons. The van der Waals surface area contributed by atoms with Crippen LogP contribution in [0.1, 0.15) is 52.9 Å². The SMILES string of the molecule is CC1=C[C@H](C)ON(c2cccc(C)n2)[C@@H]1C.CC1=C[C@H](C)ON(c2cccc(C)n2)[C@@H]1C. The quantitative estimate of drug-likeness (QED) is 0.561. The first kappa shape index (κ1) is 24.0. The van der Waals surface area contributed by atoms with Gasteiger partial charge in [-0.3, -0.25) is 9.68 Å². The maximum Gasteiger partial charge on any atom is 0.153 e. The summed E-state index contributed by atoms with van der Waals surface area (Å²) in [5.41, 5.74) is 4.66. The first-order valence-corrected chi connectivity index (χ1v) is 11.3. The predicted molar refractivity (Wildman–Crippen MR) is 130 cm³/mol. The van der Waals surface area contributed by atoms with Gasteiger partial charge in [0, 0.05) is 11.4 Å². The van der Waals surface area contributed by atoms with Gasteiger partial charge in [-0.1, -0.05) is 35.4 Å². The molecule has 0 saturated heterocycles. The van der Waals surface area contributed by atoms with Crippen molar-refractivity contribution in [1.29, 1.82) is 0 Å². The summed E-state index contributed by atoms with van der Waals surface area (Å²) < 4.78 is 0. The van der Waals surface area contributed by atoms with E-state index in [1.165, 1.54) is 11.1 Å². The molecule has 0 spiro atoms. The molecule has 0 N–H and O–H groups in total. The number of nitrogens with zero attached hydrogens (tertiary/aromatic N) is 4. The fourth-order valence-corrected chi connectivity index (χ4v) is 3.80. The number of aromatic nitrogens is 2. The molecule has 2 aliphatic rings. The van der Waals surface area contributed by atoms with E-state index in [2.05, 4.69) is 49.8 Å². The molecule has 6 heteroatoms. The van der Waals surface area contributed by atoms with Crippen LogP contribution in [0.3, 0.4) is 0 Å². The molecule has 172 valence electrons. The van der Waals surface area contributed by atoms with Gasteiger partial charge in [0.25, 0.3) is 0 Å². The lowest BCUT2D eigenvalue weighted by atomic mass is 10.1. The van der Waals surface area contributed by atoms with Gasteiger partial charge < -0.3 is 0 Å². The molecule has 0 aromatic carbocycles. The largest absolute Gasteiger partial charge is 0.264 e. The first-order valence-electron chi connectivity index (χ1n) is 11.3. The van der Waals surface area contributed by atoms with Crippen LogP contribution in [0.5, 0.6) is 0 Å². The third-order valence-electron chi connectivity index (χ3n) is 5.78. The van der Waals surface area contributed by atoms with E-state index in [0.717, 1.165) is 23.0 Å². The van der Waals surface area contributed by atoms with Gasteiger partial charge in [-0.15, -0.1) is 0 Å². The Kier molecular flexibility index (Phi) is 7.69. The van der Waals surface area contributed by atoms with Crippen LogP contribution in [-0.4, -0.2) is 34.3 Å². The van der Waals surface area contributed by atoms with Gasteiger partial charge in [-0.05, 0) is 79.7 Å². The van der Waals surface area contributed by atoms with E-state index in [0.29, 0.717) is 0 Å². The molecule has 0 bridgehead atoms. The van der Waals surface area contributed by atoms with Crippen LogP contribution in [0.4, 0.5) is 11.6 Å². The summed E-state index contributed by atoms with van der Waals surface area (Å²) >= 11 is 0. The van der Waals surface area contributed by atoms with Crippen LogP contribution in [0, 0.1) is 13.8 Å². The van der Waals surface area contributed by atoms with Gasteiger partial charge in [0.2, 0.25) is 0 Å². The summed E-state index contributed by atoms with van der Waals surface area (Å²) in [5.74, 6) is 1.76. The van der Waals surface area contributed by atoms with Gasteiger partial charge >= 0.3 is 0 Å². The zero-order valence-electron chi connectivity index (χ0n) is 20.5. The average Bonchev–Trinajstić information content (AvgIpc) is 2.74. The molecular formula is C26H36N4O2. The molecule has 4 atom stereocenters. The summed E-state index contributed by atoms with van der Waals surface area (Å²) in [6, 6.07) is 12.4. The maximum absolute atomic E-state index is 5.80. The van der Waals surface area contributed by atoms with Crippen molar-refractivity contribution in [3.63, 3.8) is 0 Å². The average molecular weight is 437 g/mol. The highest BCUT2D eigenvalue weighted by Crippen LogP contribution is 2.26.